The molecule has 1 rings (SSSR count). The van der Waals surface area contributed by atoms with E-state index in [1.807, 2.05) is 0 Å². The van der Waals surface area contributed by atoms with E-state index >= 15 is 0 Å². The largest absolute Gasteiger partial charge is 0.169 e. The second-order valence-corrected chi connectivity index (χ2v) is 3.67. The Balaban J connectivity index is 2.70. The topological polar surface area (TPSA) is 0 Å². The zero-order chi connectivity index (χ0) is 10.4. The highest BCUT2D eigenvalue weighted by Gasteiger charge is 2.07. The molecule has 1 heteroatoms. The van der Waals surface area contributed by atoms with Crippen LogP contribution in [0.15, 0.2) is 54.6 Å². The minimum atomic E-state index is 0.474. The van der Waals surface area contributed by atoms with E-state index in [1.54, 1.807) is 0 Å². The Hall–Kier alpha value is -1.24. The lowest BCUT2D eigenvalue weighted by Gasteiger charge is -2.10. The van der Waals surface area contributed by atoms with Gasteiger partial charge < -0.3 is 0 Å². The Labute approximate surface area is 87.6 Å². The smallest absolute Gasteiger partial charge is 0.100 e. The van der Waals surface area contributed by atoms with E-state index in [0.717, 1.165) is 7.28 Å². The van der Waals surface area contributed by atoms with Crippen LogP contribution < -0.4 is 5.46 Å². The Morgan fingerprint density at radius 1 is 1.36 bits per heavy atom. The Morgan fingerprint density at radius 2 is 2.00 bits per heavy atom. The van der Waals surface area contributed by atoms with Crippen molar-refractivity contribution in [3.63, 3.8) is 0 Å². The van der Waals surface area contributed by atoms with Gasteiger partial charge in [-0.25, -0.2) is 0 Å². The van der Waals surface area contributed by atoms with Gasteiger partial charge in [-0.3, -0.25) is 0 Å². The first-order valence-corrected chi connectivity index (χ1v) is 5.06. The summed E-state index contributed by atoms with van der Waals surface area (Å²) in [5.41, 5.74) is 2.60. The standard InChI is InChI=1S/C13H17B/c1-4-8-13(11(2)3)14-12-9-6-5-7-10-12/h4-10,13-14H,2H2,1,3H3/b8-4+. The van der Waals surface area contributed by atoms with Crippen molar-refractivity contribution in [3.8, 4) is 0 Å². The van der Waals surface area contributed by atoms with E-state index in [1.165, 1.54) is 11.0 Å². The fourth-order valence-electron chi connectivity index (χ4n) is 1.51. The van der Waals surface area contributed by atoms with Crippen molar-refractivity contribution in [2.45, 2.75) is 19.7 Å². The number of allylic oxidation sites excluding steroid dienone is 3. The van der Waals surface area contributed by atoms with Gasteiger partial charge in [0, 0.05) is 0 Å². The summed E-state index contributed by atoms with van der Waals surface area (Å²) in [5, 5.41) is 0. The molecule has 0 heterocycles. The molecule has 72 valence electrons. The van der Waals surface area contributed by atoms with Gasteiger partial charge in [0.2, 0.25) is 0 Å². The lowest BCUT2D eigenvalue weighted by atomic mass is 9.57. The second kappa shape index (κ2) is 5.49. The van der Waals surface area contributed by atoms with E-state index in [0.29, 0.717) is 5.82 Å². The molecule has 0 radical (unpaired) electrons. The first-order valence-electron chi connectivity index (χ1n) is 5.06. The van der Waals surface area contributed by atoms with Crippen molar-refractivity contribution >= 4 is 12.7 Å². The summed E-state index contributed by atoms with van der Waals surface area (Å²) < 4.78 is 0. The van der Waals surface area contributed by atoms with Crippen molar-refractivity contribution < 1.29 is 0 Å². The Morgan fingerprint density at radius 3 is 2.50 bits per heavy atom. The van der Waals surface area contributed by atoms with E-state index < -0.39 is 0 Å². The van der Waals surface area contributed by atoms with Crippen molar-refractivity contribution in [2.75, 3.05) is 0 Å². The van der Waals surface area contributed by atoms with Crippen LogP contribution in [0, 0.1) is 0 Å². The molecule has 0 aliphatic carbocycles. The lowest BCUT2D eigenvalue weighted by Crippen LogP contribution is -2.18. The van der Waals surface area contributed by atoms with E-state index in [4.69, 9.17) is 0 Å². The summed E-state index contributed by atoms with van der Waals surface area (Å²) in [4.78, 5) is 0. The average Bonchev–Trinajstić information content (AvgIpc) is 2.18. The first kappa shape index (κ1) is 10.8. The van der Waals surface area contributed by atoms with Gasteiger partial charge in [0.1, 0.15) is 0 Å². The van der Waals surface area contributed by atoms with Crippen LogP contribution in [0.3, 0.4) is 0 Å². The fourth-order valence-corrected chi connectivity index (χ4v) is 1.51. The number of hydrogen-bond donors (Lipinski definition) is 0. The van der Waals surface area contributed by atoms with Crippen LogP contribution in [-0.4, -0.2) is 7.28 Å². The fraction of sp³-hybridized carbons (Fsp3) is 0.231. The van der Waals surface area contributed by atoms with Crippen LogP contribution >= 0.6 is 0 Å². The van der Waals surface area contributed by atoms with E-state index in [-0.39, 0.29) is 0 Å². The van der Waals surface area contributed by atoms with Crippen LogP contribution in [0.5, 0.6) is 0 Å². The normalized spacial score (nSPS) is 12.7. The Kier molecular flexibility index (Phi) is 4.25. The molecule has 1 aromatic rings. The van der Waals surface area contributed by atoms with Gasteiger partial charge in [0.25, 0.3) is 0 Å². The molecule has 14 heavy (non-hydrogen) atoms. The molecule has 1 aromatic carbocycles. The predicted molar refractivity (Wildman–Crippen MR) is 66.6 cm³/mol. The van der Waals surface area contributed by atoms with Gasteiger partial charge in [0.05, 0.1) is 0 Å². The summed E-state index contributed by atoms with van der Waals surface area (Å²) in [7, 11) is 1.06. The second-order valence-electron chi connectivity index (χ2n) is 3.67. The third-order valence-electron chi connectivity index (χ3n) is 2.36. The quantitative estimate of drug-likeness (QED) is 0.498. The van der Waals surface area contributed by atoms with Crippen LogP contribution in [0.25, 0.3) is 0 Å². The minimum Gasteiger partial charge on any atom is -0.100 e. The highest BCUT2D eigenvalue weighted by atomic mass is 14.0. The summed E-state index contributed by atoms with van der Waals surface area (Å²) in [6, 6.07) is 10.6. The van der Waals surface area contributed by atoms with Gasteiger partial charge in [-0.1, -0.05) is 53.5 Å². The third-order valence-corrected chi connectivity index (χ3v) is 2.36. The SMILES string of the molecule is C=C(C)C(Bc1ccccc1)/C=C/C. The lowest BCUT2D eigenvalue weighted by molar-refractivity contribution is 1.20. The average molecular weight is 184 g/mol. The molecule has 0 bridgehead atoms. The van der Waals surface area contributed by atoms with Crippen LogP contribution in [-0.2, 0) is 0 Å². The summed E-state index contributed by atoms with van der Waals surface area (Å²) in [6.07, 6.45) is 4.32. The highest BCUT2D eigenvalue weighted by Crippen LogP contribution is 2.15. The van der Waals surface area contributed by atoms with Crippen LogP contribution in [0.4, 0.5) is 0 Å². The maximum atomic E-state index is 4.02. The van der Waals surface area contributed by atoms with Gasteiger partial charge in [-0.05, 0) is 19.7 Å². The van der Waals surface area contributed by atoms with Gasteiger partial charge >= 0.3 is 0 Å². The highest BCUT2D eigenvalue weighted by molar-refractivity contribution is 6.56. The molecule has 0 amide bonds. The van der Waals surface area contributed by atoms with Gasteiger partial charge in [-0.2, -0.15) is 0 Å². The molecule has 0 saturated heterocycles. The van der Waals surface area contributed by atoms with Gasteiger partial charge in [-0.15, -0.1) is 6.58 Å². The monoisotopic (exact) mass is 184 g/mol. The molecule has 1 unspecified atom stereocenters. The molecule has 1 atom stereocenters. The molecule has 0 fully saturated rings. The molecule has 0 aromatic heterocycles. The Bertz CT molecular complexity index is 311. The summed E-state index contributed by atoms with van der Waals surface area (Å²) >= 11 is 0. The molecule has 0 N–H and O–H groups in total. The zero-order valence-electron chi connectivity index (χ0n) is 9.03. The summed E-state index contributed by atoms with van der Waals surface area (Å²) in [5.74, 6) is 0.474. The van der Waals surface area contributed by atoms with Crippen molar-refractivity contribution in [3.05, 3.63) is 54.6 Å². The van der Waals surface area contributed by atoms with Crippen LogP contribution in [0.1, 0.15) is 13.8 Å². The molecule has 0 spiro atoms. The predicted octanol–water partition coefficient (Wildman–Crippen LogP) is 2.69. The maximum absolute atomic E-state index is 4.02. The zero-order valence-corrected chi connectivity index (χ0v) is 9.03. The van der Waals surface area contributed by atoms with Crippen LogP contribution in [0.2, 0.25) is 5.82 Å². The molecular weight excluding hydrogens is 167 g/mol. The van der Waals surface area contributed by atoms with E-state index in [9.17, 15) is 0 Å². The number of benzene rings is 1. The van der Waals surface area contributed by atoms with E-state index in [2.05, 4.69) is 62.9 Å². The van der Waals surface area contributed by atoms with Crippen molar-refractivity contribution in [2.24, 2.45) is 0 Å². The molecule has 0 aliphatic heterocycles. The number of rotatable bonds is 4. The van der Waals surface area contributed by atoms with Gasteiger partial charge in [0.15, 0.2) is 7.28 Å². The molecule has 0 saturated carbocycles. The first-order chi connectivity index (χ1) is 6.74. The molecular formula is C13H17B. The number of hydrogen-bond acceptors (Lipinski definition) is 0. The minimum absolute atomic E-state index is 0.474. The summed E-state index contributed by atoms with van der Waals surface area (Å²) in [6.45, 7) is 8.17. The molecule has 0 nitrogen and oxygen atoms in total. The van der Waals surface area contributed by atoms with Crippen molar-refractivity contribution in [1.82, 2.24) is 0 Å². The molecule has 0 aliphatic rings. The van der Waals surface area contributed by atoms with Crippen molar-refractivity contribution in [1.29, 1.82) is 0 Å². The third kappa shape index (κ3) is 3.25. The maximum Gasteiger partial charge on any atom is 0.169 e.